The Hall–Kier alpha value is -1.98. The zero-order chi connectivity index (χ0) is 19.6. The molecule has 0 fully saturated rings. The summed E-state index contributed by atoms with van der Waals surface area (Å²) in [5.41, 5.74) is 1.13. The quantitative estimate of drug-likeness (QED) is 0.325. The fourth-order valence-corrected chi connectivity index (χ4v) is 3.38. The molecule has 0 heterocycles. The van der Waals surface area contributed by atoms with Crippen LogP contribution in [0.3, 0.4) is 0 Å². The van der Waals surface area contributed by atoms with Crippen LogP contribution in [0.1, 0.15) is 43.5 Å². The first-order valence-corrected chi connectivity index (χ1v) is 10.3. The van der Waals surface area contributed by atoms with Gasteiger partial charge in [0.25, 0.3) is 0 Å². The van der Waals surface area contributed by atoms with Crippen LogP contribution in [0.25, 0.3) is 0 Å². The summed E-state index contributed by atoms with van der Waals surface area (Å²) in [6.07, 6.45) is 2.52. The molecule has 0 aliphatic rings. The molecule has 1 amide bonds. The van der Waals surface area contributed by atoms with Gasteiger partial charge < -0.3 is 10.1 Å². The number of thioether (sulfide) groups is 1. The fraction of sp³-hybridized carbons (Fsp3) is 0.333. The molecule has 4 nitrogen and oxygen atoms in total. The van der Waals surface area contributed by atoms with Crippen molar-refractivity contribution in [2.24, 2.45) is 0 Å². The average molecular weight is 406 g/mol. The Labute approximate surface area is 169 Å². The van der Waals surface area contributed by atoms with Gasteiger partial charge in [-0.25, -0.2) is 4.79 Å². The van der Waals surface area contributed by atoms with Gasteiger partial charge in [0.1, 0.15) is 0 Å². The fourth-order valence-electron chi connectivity index (χ4n) is 2.30. The monoisotopic (exact) mass is 405 g/mol. The number of hydrogen-bond acceptors (Lipinski definition) is 4. The minimum absolute atomic E-state index is 0.0734. The predicted octanol–water partition coefficient (Wildman–Crippen LogP) is 5.81. The molecule has 0 unspecified atom stereocenters. The number of halogens is 1. The number of rotatable bonds is 9. The number of hydrogen-bond donors (Lipinski definition) is 1. The molecule has 0 aliphatic heterocycles. The number of ether oxygens (including phenoxy) is 1. The van der Waals surface area contributed by atoms with Crippen molar-refractivity contribution in [3.63, 3.8) is 0 Å². The van der Waals surface area contributed by atoms with Crippen LogP contribution in [0.4, 0.5) is 5.69 Å². The summed E-state index contributed by atoms with van der Waals surface area (Å²) in [6, 6.07) is 14.2. The van der Waals surface area contributed by atoms with Gasteiger partial charge in [-0.2, -0.15) is 0 Å². The molecule has 0 aliphatic carbocycles. The lowest BCUT2D eigenvalue weighted by atomic mass is 10.2. The van der Waals surface area contributed by atoms with E-state index in [1.807, 2.05) is 38.1 Å². The van der Waals surface area contributed by atoms with Crippen LogP contribution in [0.5, 0.6) is 0 Å². The SMILES string of the molecule is CCCCOC(=O)c1ccc(NC(=O)[C@@H](CC)Sc2ccc(Cl)cc2)cc1. The van der Waals surface area contributed by atoms with Gasteiger partial charge in [0.15, 0.2) is 0 Å². The van der Waals surface area contributed by atoms with Crippen molar-refractivity contribution in [3.8, 4) is 0 Å². The molecule has 2 aromatic carbocycles. The van der Waals surface area contributed by atoms with E-state index in [9.17, 15) is 9.59 Å². The topological polar surface area (TPSA) is 55.4 Å². The lowest BCUT2D eigenvalue weighted by Crippen LogP contribution is -2.24. The van der Waals surface area contributed by atoms with E-state index < -0.39 is 0 Å². The standard InChI is InChI=1S/C21H24ClNO3S/c1-3-5-14-26-21(25)15-6-10-17(11-7-15)23-20(24)19(4-2)27-18-12-8-16(22)9-13-18/h6-13,19H,3-5,14H2,1-2H3,(H,23,24)/t19-/m1/s1. The van der Waals surface area contributed by atoms with Crippen molar-refractivity contribution in [3.05, 3.63) is 59.1 Å². The molecule has 6 heteroatoms. The molecule has 2 aromatic rings. The van der Waals surface area contributed by atoms with E-state index in [0.717, 1.165) is 17.7 Å². The normalized spacial score (nSPS) is 11.7. The number of amides is 1. The van der Waals surface area contributed by atoms with Crippen molar-refractivity contribution in [1.29, 1.82) is 0 Å². The first kappa shape index (κ1) is 21.3. The minimum Gasteiger partial charge on any atom is -0.462 e. The lowest BCUT2D eigenvalue weighted by molar-refractivity contribution is -0.115. The second kappa shape index (κ2) is 11.0. The highest BCUT2D eigenvalue weighted by Crippen LogP contribution is 2.27. The summed E-state index contributed by atoms with van der Waals surface area (Å²) in [5, 5.41) is 3.36. The van der Waals surface area contributed by atoms with Gasteiger partial charge in [-0.05, 0) is 61.4 Å². The number of carbonyl (C=O) groups excluding carboxylic acids is 2. The molecule has 27 heavy (non-hydrogen) atoms. The number of benzene rings is 2. The van der Waals surface area contributed by atoms with Gasteiger partial charge in [0.05, 0.1) is 17.4 Å². The molecule has 1 atom stereocenters. The lowest BCUT2D eigenvalue weighted by Gasteiger charge is -2.15. The van der Waals surface area contributed by atoms with Gasteiger partial charge in [-0.1, -0.05) is 31.9 Å². The van der Waals surface area contributed by atoms with Gasteiger partial charge in [0.2, 0.25) is 5.91 Å². The van der Waals surface area contributed by atoms with Crippen LogP contribution >= 0.6 is 23.4 Å². The Kier molecular flexibility index (Phi) is 8.69. The Balaban J connectivity index is 1.93. The molecule has 0 bridgehead atoms. The van der Waals surface area contributed by atoms with Crippen LogP contribution in [-0.2, 0) is 9.53 Å². The molecule has 0 aromatic heterocycles. The largest absolute Gasteiger partial charge is 0.462 e. The molecular formula is C21H24ClNO3S. The van der Waals surface area contributed by atoms with E-state index in [1.54, 1.807) is 24.3 Å². The molecule has 0 saturated carbocycles. The van der Waals surface area contributed by atoms with Crippen LogP contribution in [-0.4, -0.2) is 23.7 Å². The smallest absolute Gasteiger partial charge is 0.338 e. The summed E-state index contributed by atoms with van der Waals surface area (Å²) in [4.78, 5) is 25.5. The van der Waals surface area contributed by atoms with Gasteiger partial charge in [-0.3, -0.25) is 4.79 Å². The van der Waals surface area contributed by atoms with Crippen molar-refractivity contribution in [2.75, 3.05) is 11.9 Å². The summed E-state index contributed by atoms with van der Waals surface area (Å²) < 4.78 is 5.18. The highest BCUT2D eigenvalue weighted by Gasteiger charge is 2.18. The third kappa shape index (κ3) is 6.92. The molecule has 0 saturated heterocycles. The van der Waals surface area contributed by atoms with Gasteiger partial charge >= 0.3 is 5.97 Å². The maximum atomic E-state index is 12.6. The Bertz CT molecular complexity index is 747. The van der Waals surface area contributed by atoms with Crippen LogP contribution < -0.4 is 5.32 Å². The van der Waals surface area contributed by atoms with Crippen LogP contribution in [0, 0.1) is 0 Å². The highest BCUT2D eigenvalue weighted by atomic mass is 35.5. The number of esters is 1. The maximum absolute atomic E-state index is 12.6. The van der Waals surface area contributed by atoms with Crippen LogP contribution in [0.15, 0.2) is 53.4 Å². The van der Waals surface area contributed by atoms with E-state index in [-0.39, 0.29) is 17.1 Å². The first-order chi connectivity index (χ1) is 13.0. The van der Waals surface area contributed by atoms with Crippen molar-refractivity contribution in [1.82, 2.24) is 0 Å². The zero-order valence-corrected chi connectivity index (χ0v) is 17.1. The second-order valence-electron chi connectivity index (χ2n) is 6.02. The number of unbranched alkanes of at least 4 members (excludes halogenated alkanes) is 1. The second-order valence-corrected chi connectivity index (χ2v) is 7.74. The van der Waals surface area contributed by atoms with E-state index in [1.165, 1.54) is 11.8 Å². The molecule has 0 spiro atoms. The number of anilines is 1. The molecule has 1 N–H and O–H groups in total. The predicted molar refractivity (Wildman–Crippen MR) is 112 cm³/mol. The van der Waals surface area contributed by atoms with Crippen molar-refractivity contribution >= 4 is 40.9 Å². The van der Waals surface area contributed by atoms with E-state index >= 15 is 0 Å². The molecular weight excluding hydrogens is 382 g/mol. The van der Waals surface area contributed by atoms with Crippen molar-refractivity contribution in [2.45, 2.75) is 43.3 Å². The van der Waals surface area contributed by atoms with Crippen LogP contribution in [0.2, 0.25) is 5.02 Å². The van der Waals surface area contributed by atoms with E-state index in [0.29, 0.717) is 29.3 Å². The van der Waals surface area contributed by atoms with Gasteiger partial charge in [-0.15, -0.1) is 11.8 Å². The Morgan fingerprint density at radius 2 is 1.74 bits per heavy atom. The first-order valence-electron chi connectivity index (χ1n) is 9.03. The third-order valence-electron chi connectivity index (χ3n) is 3.87. The summed E-state index contributed by atoms with van der Waals surface area (Å²) in [5.74, 6) is -0.415. The summed E-state index contributed by atoms with van der Waals surface area (Å²) in [6.45, 7) is 4.44. The summed E-state index contributed by atoms with van der Waals surface area (Å²) >= 11 is 7.40. The molecule has 0 radical (unpaired) electrons. The Morgan fingerprint density at radius 1 is 1.07 bits per heavy atom. The van der Waals surface area contributed by atoms with Crippen molar-refractivity contribution < 1.29 is 14.3 Å². The Morgan fingerprint density at radius 3 is 2.33 bits per heavy atom. The minimum atomic E-state index is -0.342. The average Bonchev–Trinajstić information content (AvgIpc) is 2.68. The zero-order valence-electron chi connectivity index (χ0n) is 15.5. The number of nitrogens with one attached hydrogen (secondary N) is 1. The van der Waals surface area contributed by atoms with Gasteiger partial charge in [0, 0.05) is 15.6 Å². The van der Waals surface area contributed by atoms with E-state index in [2.05, 4.69) is 5.32 Å². The van der Waals surface area contributed by atoms with E-state index in [4.69, 9.17) is 16.3 Å². The number of carbonyl (C=O) groups is 2. The summed E-state index contributed by atoms with van der Waals surface area (Å²) in [7, 11) is 0. The third-order valence-corrected chi connectivity index (χ3v) is 5.50. The maximum Gasteiger partial charge on any atom is 0.338 e. The highest BCUT2D eigenvalue weighted by molar-refractivity contribution is 8.00. The molecule has 2 rings (SSSR count). The molecule has 144 valence electrons.